The molecule has 144 valence electrons. The van der Waals surface area contributed by atoms with Crippen molar-refractivity contribution >= 4 is 17.0 Å². The van der Waals surface area contributed by atoms with E-state index in [9.17, 15) is 4.79 Å². The quantitative estimate of drug-likeness (QED) is 0.760. The Balaban J connectivity index is 1.40. The fraction of sp³-hybridized carbons (Fsp3) is 0.364. The summed E-state index contributed by atoms with van der Waals surface area (Å²) in [6, 6.07) is 16.1. The van der Waals surface area contributed by atoms with Gasteiger partial charge in [-0.05, 0) is 44.2 Å². The van der Waals surface area contributed by atoms with E-state index in [0.29, 0.717) is 34.6 Å². The molecule has 2 bridgehead atoms. The van der Waals surface area contributed by atoms with Gasteiger partial charge in [-0.3, -0.25) is 9.69 Å². The topological polar surface area (TPSA) is 67.6 Å². The lowest BCUT2D eigenvalue weighted by Gasteiger charge is -2.46. The third-order valence-electron chi connectivity index (χ3n) is 5.91. The second-order valence-corrected chi connectivity index (χ2v) is 7.69. The summed E-state index contributed by atoms with van der Waals surface area (Å²) in [7, 11) is 2.15. The van der Waals surface area contributed by atoms with Gasteiger partial charge in [0.15, 0.2) is 5.58 Å². The van der Waals surface area contributed by atoms with Crippen LogP contribution in [0.4, 0.5) is 0 Å². The van der Waals surface area contributed by atoms with Gasteiger partial charge in [0.2, 0.25) is 5.89 Å². The third-order valence-corrected chi connectivity index (χ3v) is 5.91. The summed E-state index contributed by atoms with van der Waals surface area (Å²) in [4.78, 5) is 20.0. The molecule has 1 N–H and O–H groups in total. The number of hydrogen-bond acceptors (Lipinski definition) is 5. The summed E-state index contributed by atoms with van der Waals surface area (Å²) in [5, 5.41) is 3.22. The van der Waals surface area contributed by atoms with Gasteiger partial charge >= 0.3 is 0 Å². The number of nitrogens with one attached hydrogen (secondary N) is 1. The number of morpholine rings is 1. The Labute approximate surface area is 163 Å². The summed E-state index contributed by atoms with van der Waals surface area (Å²) in [6.07, 6.45) is 1.81. The number of fused-ring (bicyclic) bond motifs is 3. The second kappa shape index (κ2) is 7.04. The predicted octanol–water partition coefficient (Wildman–Crippen LogP) is 3.09. The Morgan fingerprint density at radius 3 is 2.57 bits per heavy atom. The number of carbonyl (C=O) groups excluding carboxylic acids is 1. The zero-order chi connectivity index (χ0) is 19.1. The van der Waals surface area contributed by atoms with Crippen LogP contribution < -0.4 is 5.32 Å². The van der Waals surface area contributed by atoms with E-state index in [4.69, 9.17) is 9.15 Å². The number of rotatable bonds is 3. The van der Waals surface area contributed by atoms with Crippen LogP contribution in [0.5, 0.6) is 0 Å². The van der Waals surface area contributed by atoms with Gasteiger partial charge in [-0.25, -0.2) is 4.98 Å². The van der Waals surface area contributed by atoms with Crippen molar-refractivity contribution < 1.29 is 13.9 Å². The molecule has 2 unspecified atom stereocenters. The lowest BCUT2D eigenvalue weighted by atomic mass is 9.90. The Bertz CT molecular complexity index is 987. The molecule has 0 aliphatic carbocycles. The second-order valence-electron chi connectivity index (χ2n) is 7.69. The number of oxazole rings is 1. The van der Waals surface area contributed by atoms with Gasteiger partial charge in [-0.2, -0.15) is 0 Å². The van der Waals surface area contributed by atoms with Crippen molar-refractivity contribution in [1.29, 1.82) is 0 Å². The maximum absolute atomic E-state index is 13.0. The molecule has 0 saturated carbocycles. The van der Waals surface area contributed by atoms with Crippen molar-refractivity contribution in [3.05, 3.63) is 54.1 Å². The first-order chi connectivity index (χ1) is 13.7. The van der Waals surface area contributed by atoms with Crippen molar-refractivity contribution in [2.45, 2.75) is 31.0 Å². The van der Waals surface area contributed by atoms with Gasteiger partial charge in [0, 0.05) is 23.7 Å². The highest BCUT2D eigenvalue weighted by atomic mass is 16.5. The number of hydrogen-bond donors (Lipinski definition) is 1. The van der Waals surface area contributed by atoms with Gasteiger partial charge in [-0.1, -0.05) is 24.3 Å². The number of likely N-dealkylation sites (N-methyl/N-ethyl adjacent to an activating group) is 1. The largest absolute Gasteiger partial charge is 0.436 e. The van der Waals surface area contributed by atoms with E-state index >= 15 is 0 Å². The number of carbonyl (C=O) groups is 1. The summed E-state index contributed by atoms with van der Waals surface area (Å²) >= 11 is 0. The predicted molar refractivity (Wildman–Crippen MR) is 106 cm³/mol. The molecule has 28 heavy (non-hydrogen) atoms. The van der Waals surface area contributed by atoms with Gasteiger partial charge in [0.25, 0.3) is 5.91 Å². The zero-order valence-corrected chi connectivity index (χ0v) is 15.8. The number of piperidine rings is 1. The Hall–Kier alpha value is -2.70. The molecule has 1 amide bonds. The van der Waals surface area contributed by atoms with E-state index in [1.165, 1.54) is 0 Å². The number of aromatic nitrogens is 1. The van der Waals surface area contributed by atoms with Crippen LogP contribution in [-0.2, 0) is 4.74 Å². The number of para-hydroxylation sites is 1. The first kappa shape index (κ1) is 17.4. The maximum Gasteiger partial charge on any atom is 0.253 e. The molecule has 2 aliphatic heterocycles. The van der Waals surface area contributed by atoms with Crippen LogP contribution in [0.1, 0.15) is 23.2 Å². The zero-order valence-electron chi connectivity index (χ0n) is 15.8. The molecule has 2 aromatic carbocycles. The smallest absolute Gasteiger partial charge is 0.253 e. The Morgan fingerprint density at radius 1 is 1.07 bits per heavy atom. The van der Waals surface area contributed by atoms with E-state index in [2.05, 4.69) is 22.2 Å². The summed E-state index contributed by atoms with van der Waals surface area (Å²) in [6.45, 7) is 1.47. The SMILES string of the molecule is CN1C2COCC1CC(NC(=O)c1cccc3oc(-c4ccccc4)nc13)C2. The lowest BCUT2D eigenvalue weighted by Crippen LogP contribution is -2.59. The van der Waals surface area contributed by atoms with Crippen molar-refractivity contribution in [3.63, 3.8) is 0 Å². The first-order valence-electron chi connectivity index (χ1n) is 9.74. The molecule has 2 atom stereocenters. The molecule has 6 heteroatoms. The number of nitrogens with zero attached hydrogens (tertiary/aromatic N) is 2. The standard InChI is InChI=1S/C22H23N3O3/c1-25-16-10-15(11-17(25)13-27-12-16)23-21(26)18-8-5-9-19-20(18)24-22(28-19)14-6-3-2-4-7-14/h2-9,15-17H,10-13H2,1H3,(H,23,26). The van der Waals surface area contributed by atoms with Crippen molar-refractivity contribution in [2.24, 2.45) is 0 Å². The van der Waals surface area contributed by atoms with Crippen LogP contribution in [0.2, 0.25) is 0 Å². The van der Waals surface area contributed by atoms with Crippen LogP contribution in [0, 0.1) is 0 Å². The summed E-state index contributed by atoms with van der Waals surface area (Å²) < 4.78 is 11.6. The number of benzene rings is 2. The summed E-state index contributed by atoms with van der Waals surface area (Å²) in [5.74, 6) is 0.439. The minimum absolute atomic E-state index is 0.0907. The van der Waals surface area contributed by atoms with Crippen LogP contribution in [0.3, 0.4) is 0 Å². The van der Waals surface area contributed by atoms with Gasteiger partial charge < -0.3 is 14.5 Å². The van der Waals surface area contributed by atoms with Crippen LogP contribution in [0.15, 0.2) is 52.9 Å². The number of amides is 1. The van der Waals surface area contributed by atoms with E-state index < -0.39 is 0 Å². The highest BCUT2D eigenvalue weighted by Crippen LogP contribution is 2.28. The molecule has 3 heterocycles. The highest BCUT2D eigenvalue weighted by molar-refractivity contribution is 6.05. The molecule has 3 aromatic rings. The minimum Gasteiger partial charge on any atom is -0.436 e. The Morgan fingerprint density at radius 2 is 1.82 bits per heavy atom. The number of ether oxygens (including phenoxy) is 1. The molecule has 0 spiro atoms. The molecule has 5 rings (SSSR count). The minimum atomic E-state index is -0.0907. The normalized spacial score (nSPS) is 25.0. The molecule has 1 aromatic heterocycles. The van der Waals surface area contributed by atoms with Crippen molar-refractivity contribution in [1.82, 2.24) is 15.2 Å². The average molecular weight is 377 g/mol. The highest BCUT2D eigenvalue weighted by Gasteiger charge is 2.37. The first-order valence-corrected chi connectivity index (χ1v) is 9.74. The van der Waals surface area contributed by atoms with Crippen LogP contribution >= 0.6 is 0 Å². The fourth-order valence-electron chi connectivity index (χ4n) is 4.31. The summed E-state index contributed by atoms with van der Waals surface area (Å²) in [5.41, 5.74) is 2.69. The average Bonchev–Trinajstić information content (AvgIpc) is 3.14. The molecule has 2 fully saturated rings. The van der Waals surface area contributed by atoms with Crippen LogP contribution in [0.25, 0.3) is 22.6 Å². The van der Waals surface area contributed by atoms with Gasteiger partial charge in [0.1, 0.15) is 5.52 Å². The van der Waals surface area contributed by atoms with E-state index in [1.807, 2.05) is 48.5 Å². The molecule has 2 saturated heterocycles. The molecule has 2 aliphatic rings. The van der Waals surface area contributed by atoms with E-state index in [0.717, 1.165) is 31.6 Å². The van der Waals surface area contributed by atoms with Crippen molar-refractivity contribution in [3.8, 4) is 11.5 Å². The maximum atomic E-state index is 13.0. The molecule has 6 nitrogen and oxygen atoms in total. The van der Waals surface area contributed by atoms with Gasteiger partial charge in [0.05, 0.1) is 18.8 Å². The lowest BCUT2D eigenvalue weighted by molar-refractivity contribution is -0.0670. The van der Waals surface area contributed by atoms with E-state index in [1.54, 1.807) is 0 Å². The van der Waals surface area contributed by atoms with E-state index in [-0.39, 0.29) is 11.9 Å². The third kappa shape index (κ3) is 3.08. The van der Waals surface area contributed by atoms with Crippen LogP contribution in [-0.4, -0.2) is 54.2 Å². The molecular formula is C22H23N3O3. The fourth-order valence-corrected chi connectivity index (χ4v) is 4.31. The van der Waals surface area contributed by atoms with Gasteiger partial charge in [-0.15, -0.1) is 0 Å². The molecule has 0 radical (unpaired) electrons. The van der Waals surface area contributed by atoms with Crippen molar-refractivity contribution in [2.75, 3.05) is 20.3 Å². The Kier molecular flexibility index (Phi) is 4.37. The molecular weight excluding hydrogens is 354 g/mol. The monoisotopic (exact) mass is 377 g/mol.